The highest BCUT2D eigenvalue weighted by Gasteiger charge is 1.58. The van der Waals surface area contributed by atoms with Gasteiger partial charge in [0, 0.05) is 0 Å². The highest BCUT2D eigenvalue weighted by molar-refractivity contribution is 5.98. The van der Waals surface area contributed by atoms with Crippen LogP contribution in [0.2, 0.25) is 0 Å². The lowest BCUT2D eigenvalue weighted by molar-refractivity contribution is 0.410. The van der Waals surface area contributed by atoms with Crippen molar-refractivity contribution in [3.8, 4) is 12.3 Å². The summed E-state index contributed by atoms with van der Waals surface area (Å²) in [7, 11) is 2.71. The van der Waals surface area contributed by atoms with E-state index in [1.165, 1.54) is 0 Å². The van der Waals surface area contributed by atoms with E-state index in [0.717, 1.165) is 0 Å². The quantitative estimate of drug-likeness (QED) is 0.313. The molecule has 0 unspecified atom stereocenters. The molecule has 0 atom stereocenters. The van der Waals surface area contributed by atoms with Gasteiger partial charge in [-0.25, -0.2) is 0 Å². The molecule has 0 bridgehead atoms. The van der Waals surface area contributed by atoms with Gasteiger partial charge in [-0.15, -0.1) is 6.42 Å². The first kappa shape index (κ1) is 4.74. The van der Waals surface area contributed by atoms with Gasteiger partial charge < -0.3 is 4.43 Å². The molecule has 0 heterocycles. The molecule has 0 fully saturated rings. The van der Waals surface area contributed by atoms with Gasteiger partial charge in [-0.3, -0.25) is 0 Å². The van der Waals surface area contributed by atoms with Gasteiger partial charge in [0.05, 0.1) is 6.61 Å². The molecule has 25 valence electrons. The SMILES string of the molecule is C#CCO[Si]. The molecule has 0 amide bonds. The molecule has 0 saturated carbocycles. The van der Waals surface area contributed by atoms with Crippen molar-refractivity contribution in [2.24, 2.45) is 0 Å². The Bertz CT molecular complexity index is 45.3. The normalized spacial score (nSPS) is 6.40. The summed E-state index contributed by atoms with van der Waals surface area (Å²) in [5.41, 5.74) is 0. The molecule has 0 rings (SSSR count). The van der Waals surface area contributed by atoms with Crippen molar-refractivity contribution in [3.05, 3.63) is 0 Å². The van der Waals surface area contributed by atoms with Gasteiger partial charge in [-0.05, 0) is 0 Å². The number of hydrogen-bond donors (Lipinski definition) is 0. The first-order valence-corrected chi connectivity index (χ1v) is 1.54. The van der Waals surface area contributed by atoms with Crippen LogP contribution in [0.4, 0.5) is 0 Å². The molecule has 3 radical (unpaired) electrons. The van der Waals surface area contributed by atoms with Crippen LogP contribution < -0.4 is 0 Å². The third-order valence-corrected chi connectivity index (χ3v) is 0.300. The molecule has 0 aromatic rings. The molecule has 0 aromatic heterocycles. The summed E-state index contributed by atoms with van der Waals surface area (Å²) in [6.07, 6.45) is 4.73. The van der Waals surface area contributed by atoms with Gasteiger partial charge in [0.25, 0.3) is 0 Å². The van der Waals surface area contributed by atoms with Crippen LogP contribution in [0.1, 0.15) is 0 Å². The Labute approximate surface area is 34.9 Å². The standard InChI is InChI=1S/C3H3OSi/c1-2-3-4-5/h1H,3H2. The fourth-order valence-electron chi connectivity index (χ4n) is 0.0417. The third-order valence-electron chi connectivity index (χ3n) is 0.156. The number of terminal acetylenes is 1. The Balaban J connectivity index is 2.48. The zero-order valence-corrected chi connectivity index (χ0v) is 3.69. The molecule has 0 aliphatic carbocycles. The zero-order chi connectivity index (χ0) is 4.12. The van der Waals surface area contributed by atoms with Gasteiger partial charge in [-0.1, -0.05) is 5.92 Å². The van der Waals surface area contributed by atoms with Crippen molar-refractivity contribution in [2.45, 2.75) is 0 Å². The summed E-state index contributed by atoms with van der Waals surface area (Å²) < 4.78 is 4.26. The maximum absolute atomic E-state index is 4.73. The van der Waals surface area contributed by atoms with Crippen molar-refractivity contribution in [1.82, 2.24) is 0 Å². The molecule has 0 aromatic carbocycles. The second kappa shape index (κ2) is 3.74. The minimum atomic E-state index is 0.330. The van der Waals surface area contributed by atoms with Crippen LogP contribution in [-0.2, 0) is 4.43 Å². The second-order valence-corrected chi connectivity index (χ2v) is 0.781. The Hall–Kier alpha value is -0.263. The summed E-state index contributed by atoms with van der Waals surface area (Å²) >= 11 is 0. The van der Waals surface area contributed by atoms with E-state index in [1.54, 1.807) is 0 Å². The van der Waals surface area contributed by atoms with E-state index in [0.29, 0.717) is 6.61 Å². The lowest BCUT2D eigenvalue weighted by Gasteiger charge is -1.76. The smallest absolute Gasteiger partial charge is 0.247 e. The van der Waals surface area contributed by atoms with Crippen molar-refractivity contribution in [2.75, 3.05) is 6.61 Å². The molecule has 0 aliphatic rings. The average molecular weight is 83.1 g/mol. The van der Waals surface area contributed by atoms with E-state index in [1.807, 2.05) is 0 Å². The van der Waals surface area contributed by atoms with Gasteiger partial charge in [-0.2, -0.15) is 0 Å². The lowest BCUT2D eigenvalue weighted by Crippen LogP contribution is -1.80. The fourth-order valence-corrected chi connectivity index (χ4v) is 0.125. The van der Waals surface area contributed by atoms with Crippen LogP contribution in [0.3, 0.4) is 0 Å². The van der Waals surface area contributed by atoms with Crippen LogP contribution in [0, 0.1) is 12.3 Å². The summed E-state index contributed by atoms with van der Waals surface area (Å²) in [6, 6.07) is 0. The predicted octanol–water partition coefficient (Wildman–Crippen LogP) is -0.280. The molecule has 2 heteroatoms. The van der Waals surface area contributed by atoms with Gasteiger partial charge in [0.1, 0.15) is 0 Å². The first-order chi connectivity index (χ1) is 2.41. The van der Waals surface area contributed by atoms with E-state index >= 15 is 0 Å². The maximum atomic E-state index is 4.73. The van der Waals surface area contributed by atoms with Crippen LogP contribution in [0.25, 0.3) is 0 Å². The van der Waals surface area contributed by atoms with Crippen LogP contribution in [-0.4, -0.2) is 17.1 Å². The minimum Gasteiger partial charge on any atom is -0.408 e. The molecule has 5 heavy (non-hydrogen) atoms. The maximum Gasteiger partial charge on any atom is 0.247 e. The molecule has 0 saturated heterocycles. The third kappa shape index (κ3) is 3.74. The van der Waals surface area contributed by atoms with E-state index in [-0.39, 0.29) is 0 Å². The Morgan fingerprint density at radius 1 is 2.00 bits per heavy atom. The minimum absolute atomic E-state index is 0.330. The Kier molecular flexibility index (Phi) is 3.54. The van der Waals surface area contributed by atoms with Crippen molar-refractivity contribution < 1.29 is 4.43 Å². The van der Waals surface area contributed by atoms with Gasteiger partial charge in [0.2, 0.25) is 10.5 Å². The molecule has 0 N–H and O–H groups in total. The zero-order valence-electron chi connectivity index (χ0n) is 2.69. The summed E-state index contributed by atoms with van der Waals surface area (Å²) in [5, 5.41) is 0. The molecule has 0 spiro atoms. The number of rotatable bonds is 1. The first-order valence-electron chi connectivity index (χ1n) is 1.14. The Morgan fingerprint density at radius 2 is 2.60 bits per heavy atom. The van der Waals surface area contributed by atoms with E-state index in [9.17, 15) is 0 Å². The summed E-state index contributed by atoms with van der Waals surface area (Å²) in [5.74, 6) is 2.25. The number of hydrogen-bond acceptors (Lipinski definition) is 1. The molecule has 0 aliphatic heterocycles. The van der Waals surface area contributed by atoms with Crippen LogP contribution in [0.15, 0.2) is 0 Å². The largest absolute Gasteiger partial charge is 0.408 e. The highest BCUT2D eigenvalue weighted by Crippen LogP contribution is 1.52. The van der Waals surface area contributed by atoms with Crippen molar-refractivity contribution in [1.29, 1.82) is 0 Å². The van der Waals surface area contributed by atoms with Crippen molar-refractivity contribution >= 4 is 10.5 Å². The Morgan fingerprint density at radius 3 is 2.60 bits per heavy atom. The molecular formula is C3H3OSi. The van der Waals surface area contributed by atoms with Crippen molar-refractivity contribution in [3.63, 3.8) is 0 Å². The van der Waals surface area contributed by atoms with Gasteiger partial charge in [0.15, 0.2) is 0 Å². The van der Waals surface area contributed by atoms with E-state index < -0.39 is 0 Å². The van der Waals surface area contributed by atoms with E-state index in [2.05, 4.69) is 20.8 Å². The fraction of sp³-hybridized carbons (Fsp3) is 0.333. The summed E-state index contributed by atoms with van der Waals surface area (Å²) in [6.45, 7) is 0.330. The average Bonchev–Trinajstić information content (AvgIpc) is 1.41. The topological polar surface area (TPSA) is 9.23 Å². The monoisotopic (exact) mass is 83.0 g/mol. The predicted molar refractivity (Wildman–Crippen MR) is 20.5 cm³/mol. The summed E-state index contributed by atoms with van der Waals surface area (Å²) in [4.78, 5) is 0. The second-order valence-electron chi connectivity index (χ2n) is 0.493. The molecule has 1 nitrogen and oxygen atoms in total. The molecular weight excluding hydrogens is 80.1 g/mol. The lowest BCUT2D eigenvalue weighted by atomic mass is 10.8. The van der Waals surface area contributed by atoms with E-state index in [4.69, 9.17) is 6.42 Å². The van der Waals surface area contributed by atoms with Crippen LogP contribution in [0.5, 0.6) is 0 Å². The highest BCUT2D eigenvalue weighted by atomic mass is 28.2. The van der Waals surface area contributed by atoms with Crippen LogP contribution >= 0.6 is 0 Å². The van der Waals surface area contributed by atoms with Gasteiger partial charge >= 0.3 is 0 Å².